The van der Waals surface area contributed by atoms with Crippen LogP contribution in [0.4, 0.5) is 0 Å². The van der Waals surface area contributed by atoms with Crippen molar-refractivity contribution in [3.05, 3.63) is 144 Å². The molecule has 2 nitrogen and oxygen atoms in total. The predicted molar refractivity (Wildman–Crippen MR) is 138 cm³/mol. The van der Waals surface area contributed by atoms with E-state index in [2.05, 4.69) is 138 Å². The monoisotopic (exact) mass is 433 g/mol. The van der Waals surface area contributed by atoms with E-state index in [9.17, 15) is 0 Å². The van der Waals surface area contributed by atoms with Gasteiger partial charge in [0.05, 0.1) is 0 Å². The van der Waals surface area contributed by atoms with Gasteiger partial charge in [-0.05, 0) is 22.3 Å². The van der Waals surface area contributed by atoms with Crippen molar-refractivity contribution in [2.24, 2.45) is 0 Å². The Kier molecular flexibility index (Phi) is 8.08. The van der Waals surface area contributed by atoms with Crippen molar-refractivity contribution >= 4 is 5.84 Å². The summed E-state index contributed by atoms with van der Waals surface area (Å²) in [5.74, 6) is 1.37. The van der Waals surface area contributed by atoms with Gasteiger partial charge in [0.15, 0.2) is 0 Å². The molecule has 2 heteroatoms. The van der Waals surface area contributed by atoms with Gasteiger partial charge in [0.2, 0.25) is 5.84 Å². The third kappa shape index (κ3) is 6.66. The fourth-order valence-electron chi connectivity index (χ4n) is 4.34. The molecular weight excluding hydrogens is 400 g/mol. The van der Waals surface area contributed by atoms with Crippen LogP contribution in [-0.4, -0.2) is 15.3 Å². The molecule has 0 radical (unpaired) electrons. The molecule has 0 aliphatic heterocycles. The van der Waals surface area contributed by atoms with Crippen LogP contribution in [0.5, 0.6) is 0 Å². The van der Waals surface area contributed by atoms with E-state index in [1.807, 2.05) is 0 Å². The van der Waals surface area contributed by atoms with E-state index in [0.29, 0.717) is 0 Å². The fraction of sp³-hybridized carbons (Fsp3) is 0.194. The number of benzene rings is 4. The van der Waals surface area contributed by atoms with E-state index in [0.717, 1.165) is 32.6 Å². The van der Waals surface area contributed by atoms with Gasteiger partial charge in [0.1, 0.15) is 26.2 Å². The first-order valence-corrected chi connectivity index (χ1v) is 11.8. The molecule has 0 atom stereocenters. The third-order valence-corrected chi connectivity index (χ3v) is 5.91. The highest BCUT2D eigenvalue weighted by Crippen LogP contribution is 2.15. The van der Waals surface area contributed by atoms with Gasteiger partial charge in [-0.3, -0.25) is 9.48 Å². The lowest BCUT2D eigenvalue weighted by Gasteiger charge is -2.23. The molecule has 0 aromatic heterocycles. The Morgan fingerprint density at radius 2 is 0.848 bits per heavy atom. The molecule has 0 bridgehead atoms. The molecule has 0 N–H and O–H groups in total. The molecule has 33 heavy (non-hydrogen) atoms. The summed E-state index contributed by atoms with van der Waals surface area (Å²) in [6.45, 7) is 5.83. The Morgan fingerprint density at radius 3 is 1.18 bits per heavy atom. The van der Waals surface area contributed by atoms with Crippen molar-refractivity contribution < 1.29 is 4.58 Å². The molecule has 0 aliphatic carbocycles. The van der Waals surface area contributed by atoms with Gasteiger partial charge in [-0.25, -0.2) is 0 Å². The summed E-state index contributed by atoms with van der Waals surface area (Å²) in [5.41, 5.74) is 5.33. The van der Waals surface area contributed by atoms with E-state index < -0.39 is 0 Å². The van der Waals surface area contributed by atoms with E-state index >= 15 is 0 Å². The number of hydrogen-bond acceptors (Lipinski definition) is 0. The van der Waals surface area contributed by atoms with Crippen molar-refractivity contribution in [3.8, 4) is 0 Å². The zero-order valence-electron chi connectivity index (χ0n) is 19.5. The number of amidine groups is 1. The van der Waals surface area contributed by atoms with Crippen LogP contribution in [0, 0.1) is 0 Å². The van der Waals surface area contributed by atoms with Crippen LogP contribution in [0.1, 0.15) is 35.6 Å². The van der Waals surface area contributed by atoms with Gasteiger partial charge in [0.25, 0.3) is 0 Å². The second-order valence-electron chi connectivity index (χ2n) is 8.42. The van der Waals surface area contributed by atoms with Crippen molar-refractivity contribution in [1.29, 1.82) is 0 Å². The van der Waals surface area contributed by atoms with Gasteiger partial charge in [-0.2, -0.15) is 0 Å². The highest BCUT2D eigenvalue weighted by Gasteiger charge is 2.23. The van der Waals surface area contributed by atoms with Crippen LogP contribution in [0.3, 0.4) is 0 Å². The summed E-state index contributed by atoms with van der Waals surface area (Å²) in [4.78, 5) is 2.55. The van der Waals surface area contributed by atoms with Gasteiger partial charge >= 0.3 is 0 Å². The van der Waals surface area contributed by atoms with E-state index in [1.165, 1.54) is 28.1 Å². The Balaban J connectivity index is 1.75. The largest absolute Gasteiger partial charge is 0.257 e. The minimum atomic E-state index is 0.888. The summed E-state index contributed by atoms with van der Waals surface area (Å²) in [5, 5.41) is 0. The molecule has 4 aromatic rings. The minimum absolute atomic E-state index is 0.888. The van der Waals surface area contributed by atoms with Gasteiger partial charge in [-0.15, -0.1) is 0 Å². The molecule has 0 unspecified atom stereocenters. The molecule has 166 valence electrons. The van der Waals surface area contributed by atoms with Gasteiger partial charge < -0.3 is 0 Å². The highest BCUT2D eigenvalue weighted by molar-refractivity contribution is 5.77. The fourth-order valence-corrected chi connectivity index (χ4v) is 4.34. The predicted octanol–water partition coefficient (Wildman–Crippen LogP) is 6.91. The lowest BCUT2D eigenvalue weighted by Crippen LogP contribution is -2.37. The van der Waals surface area contributed by atoms with Crippen molar-refractivity contribution in [2.45, 2.75) is 39.5 Å². The molecule has 0 heterocycles. The molecule has 4 aromatic carbocycles. The van der Waals surface area contributed by atoms with Crippen LogP contribution in [0.25, 0.3) is 0 Å². The first kappa shape index (κ1) is 22.5. The molecule has 0 aliphatic rings. The average molecular weight is 434 g/mol. The first-order chi connectivity index (χ1) is 16.3. The Morgan fingerprint density at radius 1 is 0.515 bits per heavy atom. The lowest BCUT2D eigenvalue weighted by atomic mass is 10.1. The maximum atomic E-state index is 2.55. The summed E-state index contributed by atoms with van der Waals surface area (Å²) < 4.78 is 2.55. The maximum absolute atomic E-state index is 2.55. The molecule has 4 rings (SSSR count). The Hall–Kier alpha value is -3.65. The zero-order chi connectivity index (χ0) is 22.7. The molecule has 0 amide bonds. The number of hydrogen-bond donors (Lipinski definition) is 0. The van der Waals surface area contributed by atoms with E-state index in [1.54, 1.807) is 0 Å². The van der Waals surface area contributed by atoms with Crippen LogP contribution in [0.2, 0.25) is 0 Å². The van der Waals surface area contributed by atoms with E-state index in [-0.39, 0.29) is 0 Å². The number of rotatable bonds is 9. The summed E-state index contributed by atoms with van der Waals surface area (Å²) in [6, 6.07) is 43.2. The van der Waals surface area contributed by atoms with Gasteiger partial charge in [0, 0.05) is 6.42 Å². The Labute approximate surface area is 198 Å². The molecular formula is C31H33N2+. The van der Waals surface area contributed by atoms with Crippen LogP contribution in [0.15, 0.2) is 121 Å². The standard InChI is InChI=1S/C31H33N2/c1-2-31(32(23-27-15-7-3-8-16-27)24-28-17-9-4-10-18-28)33(25-29-19-11-5-12-20-29)26-30-21-13-6-14-22-30/h3-22H,2,23-26H2,1H3/q+1. The quantitative estimate of drug-likeness (QED) is 0.158. The number of nitrogens with zero attached hydrogens (tertiary/aromatic N) is 2. The van der Waals surface area contributed by atoms with Crippen molar-refractivity contribution in [2.75, 3.05) is 0 Å². The second-order valence-corrected chi connectivity index (χ2v) is 8.42. The van der Waals surface area contributed by atoms with E-state index in [4.69, 9.17) is 0 Å². The van der Waals surface area contributed by atoms with Crippen LogP contribution in [-0.2, 0) is 26.2 Å². The smallest absolute Gasteiger partial charge is 0.247 e. The Bertz CT molecular complexity index is 1040. The summed E-state index contributed by atoms with van der Waals surface area (Å²) >= 11 is 0. The molecule has 0 spiro atoms. The topological polar surface area (TPSA) is 6.25 Å². The minimum Gasteiger partial charge on any atom is -0.257 e. The SMILES string of the molecule is CCC(N(Cc1ccccc1)Cc1ccccc1)=[N+](Cc1ccccc1)Cc1ccccc1. The van der Waals surface area contributed by atoms with Gasteiger partial charge in [-0.1, -0.05) is 128 Å². The average Bonchev–Trinajstić information content (AvgIpc) is 2.87. The van der Waals surface area contributed by atoms with Crippen LogP contribution < -0.4 is 0 Å². The summed E-state index contributed by atoms with van der Waals surface area (Å²) in [7, 11) is 0. The maximum Gasteiger partial charge on any atom is 0.247 e. The molecule has 0 saturated carbocycles. The lowest BCUT2D eigenvalue weighted by molar-refractivity contribution is -0.565. The summed E-state index contributed by atoms with van der Waals surface area (Å²) in [6.07, 6.45) is 0.972. The highest BCUT2D eigenvalue weighted by atomic mass is 15.2. The van der Waals surface area contributed by atoms with Crippen molar-refractivity contribution in [1.82, 2.24) is 4.90 Å². The zero-order valence-corrected chi connectivity index (χ0v) is 19.5. The third-order valence-electron chi connectivity index (χ3n) is 5.91. The van der Waals surface area contributed by atoms with Crippen molar-refractivity contribution in [3.63, 3.8) is 0 Å². The molecule has 0 saturated heterocycles. The first-order valence-electron chi connectivity index (χ1n) is 11.8. The second kappa shape index (κ2) is 11.8. The normalized spacial score (nSPS) is 10.6. The molecule has 0 fully saturated rings. The van der Waals surface area contributed by atoms with Crippen LogP contribution >= 0.6 is 0 Å².